The first kappa shape index (κ1) is 64.3. The molecule has 8 nitrogen and oxygen atoms in total. The number of hydrogen-bond acceptors (Lipinski definition) is 8. The van der Waals surface area contributed by atoms with Crippen molar-refractivity contribution < 1.29 is 34.3 Å². The van der Waals surface area contributed by atoms with Crippen molar-refractivity contribution in [1.82, 2.24) is 0 Å². The van der Waals surface area contributed by atoms with Crippen LogP contribution >= 0.6 is 0 Å². The van der Waals surface area contributed by atoms with Crippen LogP contribution < -0.4 is 0 Å². The number of hydrogen-bond donors (Lipinski definition) is 0. The van der Waals surface area contributed by atoms with Crippen LogP contribution in [0, 0.1) is 11.8 Å². The quantitative estimate of drug-likeness (QED) is 0.0255. The Morgan fingerprint density at radius 2 is 0.458 bits per heavy atom. The molecule has 0 aliphatic carbocycles. The zero-order chi connectivity index (χ0) is 43.3. The van der Waals surface area contributed by atoms with Gasteiger partial charge in [-0.2, -0.15) is 0 Å². The van der Waals surface area contributed by atoms with Crippen molar-refractivity contribution in [2.45, 2.75) is 285 Å². The Bertz CT molecular complexity index is 889. The molecular weight excluding hydrogens is 809 g/mol. The minimum atomic E-state index is -4.57. The Hall–Kier alpha value is 1.000. The van der Waals surface area contributed by atoms with Gasteiger partial charge in [-0.3, -0.25) is 8.37 Å². The van der Waals surface area contributed by atoms with Crippen LogP contribution in [-0.4, -0.2) is 76.9 Å². The van der Waals surface area contributed by atoms with Crippen LogP contribution in [0.2, 0.25) is 0 Å². The van der Waals surface area contributed by atoms with E-state index in [4.69, 9.17) is 0 Å². The van der Waals surface area contributed by atoms with E-state index in [-0.39, 0.29) is 62.8 Å². The molecule has 0 unspecified atom stereocenters. The minimum Gasteiger partial charge on any atom is -0.726 e. The molecule has 0 radical (unpaired) electrons. The summed E-state index contributed by atoms with van der Waals surface area (Å²) in [6.07, 6.45) is 50.2. The van der Waals surface area contributed by atoms with Gasteiger partial charge in [0.2, 0.25) is 20.8 Å². The summed E-state index contributed by atoms with van der Waals surface area (Å²) < 4.78 is 74.0. The molecule has 0 amide bonds. The van der Waals surface area contributed by atoms with Gasteiger partial charge >= 0.3 is 37.7 Å². The topological polar surface area (TPSA) is 133 Å². The fraction of sp³-hybridized carbons (Fsp3) is 1.00. The molecule has 0 saturated heterocycles. The monoisotopic (exact) mass is 907 g/mol. The Kier molecular flexibility index (Phi) is 54.5. The summed E-state index contributed by atoms with van der Waals surface area (Å²) >= 11 is 0. The summed E-state index contributed by atoms with van der Waals surface area (Å²) in [4.78, 5) is 0. The van der Waals surface area contributed by atoms with Gasteiger partial charge in [-0.05, 0) is 37.5 Å². The molecule has 0 heterocycles. The first-order chi connectivity index (χ1) is 28.0. The second-order valence-corrected chi connectivity index (χ2v) is 19.7. The fourth-order valence-electron chi connectivity index (χ4n) is 7.96. The molecule has 0 rings (SSSR count). The molecule has 0 saturated carbocycles. The van der Waals surface area contributed by atoms with Crippen molar-refractivity contribution in [2.24, 2.45) is 11.8 Å². The molecule has 0 atom stereocenters. The van der Waals surface area contributed by atoms with E-state index in [1.165, 1.54) is 205 Å². The zero-order valence-corrected chi connectivity index (χ0v) is 43.5. The van der Waals surface area contributed by atoms with Gasteiger partial charge < -0.3 is 9.11 Å². The van der Waals surface area contributed by atoms with E-state index < -0.39 is 20.8 Å². The second kappa shape index (κ2) is 50.0. The van der Waals surface area contributed by atoms with E-state index >= 15 is 0 Å². The molecule has 0 fully saturated rings. The van der Waals surface area contributed by atoms with Crippen LogP contribution in [0.3, 0.4) is 0 Å². The first-order valence-electron chi connectivity index (χ1n) is 25.2. The predicted molar refractivity (Wildman–Crippen MR) is 251 cm³/mol. The summed E-state index contributed by atoms with van der Waals surface area (Å²) in [7, 11) is -9.14. The van der Waals surface area contributed by atoms with Gasteiger partial charge in [0.15, 0.2) is 0 Å². The van der Waals surface area contributed by atoms with E-state index in [0.717, 1.165) is 51.4 Å². The summed E-state index contributed by atoms with van der Waals surface area (Å²) in [6, 6.07) is 0. The largest absolute Gasteiger partial charge is 2.00 e. The third kappa shape index (κ3) is 59.0. The van der Waals surface area contributed by atoms with E-state index in [9.17, 15) is 25.9 Å². The van der Waals surface area contributed by atoms with E-state index in [0.29, 0.717) is 0 Å². The van der Waals surface area contributed by atoms with Crippen LogP contribution in [0.5, 0.6) is 0 Å². The van der Waals surface area contributed by atoms with Crippen LogP contribution in [0.4, 0.5) is 0 Å². The third-order valence-electron chi connectivity index (χ3n) is 11.8. The summed E-state index contributed by atoms with van der Waals surface area (Å²) in [5.74, 6) is 0.403. The Balaban J connectivity index is -0.00000105. The molecule has 59 heavy (non-hydrogen) atoms. The van der Waals surface area contributed by atoms with Crippen LogP contribution in [-0.2, 0) is 29.2 Å². The molecule has 0 aliphatic heterocycles. The Morgan fingerprint density at radius 1 is 0.305 bits per heavy atom. The predicted octanol–water partition coefficient (Wildman–Crippen LogP) is 15.5. The first-order valence-corrected chi connectivity index (χ1v) is 27.9. The number of rotatable bonds is 46. The molecule has 11 heteroatoms. The van der Waals surface area contributed by atoms with Crippen molar-refractivity contribution in [3.63, 3.8) is 0 Å². The van der Waals surface area contributed by atoms with Crippen molar-refractivity contribution in [2.75, 3.05) is 13.2 Å². The standard InChI is InChI=1S/2C24H50O4S.Ca/c2*1-3-5-7-9-11-13-15-17-19-21-24(23-28-29(25,26)27)22-20-18-16-14-12-10-8-6-4-2;/h2*24H,3-23H2,1-2H3,(H,25,26,27);/q;;+2/p-2. The van der Waals surface area contributed by atoms with Gasteiger partial charge in [0.1, 0.15) is 0 Å². The van der Waals surface area contributed by atoms with Crippen molar-refractivity contribution in [1.29, 1.82) is 0 Å². The third-order valence-corrected chi connectivity index (χ3v) is 12.6. The Labute approximate surface area is 399 Å². The van der Waals surface area contributed by atoms with Gasteiger partial charge in [0.05, 0.1) is 13.2 Å². The van der Waals surface area contributed by atoms with Crippen LogP contribution in [0.1, 0.15) is 285 Å². The maximum absolute atomic E-state index is 10.8. The summed E-state index contributed by atoms with van der Waals surface area (Å²) in [5.41, 5.74) is 0. The van der Waals surface area contributed by atoms with E-state index in [1.54, 1.807) is 0 Å². The molecular formula is C48H98CaO8S2. The smallest absolute Gasteiger partial charge is 0.726 e. The minimum absolute atomic E-state index is 0. The van der Waals surface area contributed by atoms with Gasteiger partial charge in [-0.1, -0.05) is 259 Å². The van der Waals surface area contributed by atoms with Gasteiger partial charge in [-0.15, -0.1) is 0 Å². The van der Waals surface area contributed by atoms with Crippen LogP contribution in [0.15, 0.2) is 0 Å². The summed E-state index contributed by atoms with van der Waals surface area (Å²) in [6.45, 7) is 9.11. The molecule has 0 spiro atoms. The number of unbranched alkanes of at least 4 members (excludes halogenated alkanes) is 32. The normalized spacial score (nSPS) is 11.9. The molecule has 0 aliphatic rings. The van der Waals surface area contributed by atoms with Crippen molar-refractivity contribution >= 4 is 58.5 Å². The average Bonchev–Trinajstić information content (AvgIpc) is 3.18. The van der Waals surface area contributed by atoms with E-state index in [1.807, 2.05) is 0 Å². The van der Waals surface area contributed by atoms with Crippen molar-refractivity contribution in [3.05, 3.63) is 0 Å². The molecule has 0 aromatic carbocycles. The molecule has 0 N–H and O–H groups in total. The van der Waals surface area contributed by atoms with Gasteiger partial charge in [-0.25, -0.2) is 16.8 Å². The van der Waals surface area contributed by atoms with Gasteiger partial charge in [0.25, 0.3) is 0 Å². The molecule has 0 aromatic heterocycles. The molecule has 0 aromatic rings. The summed E-state index contributed by atoms with van der Waals surface area (Å²) in [5, 5.41) is 0. The second-order valence-electron chi connectivity index (χ2n) is 17.6. The molecule has 352 valence electrons. The average molecular weight is 908 g/mol. The maximum Gasteiger partial charge on any atom is 2.00 e. The fourth-order valence-corrected chi connectivity index (χ4v) is 8.67. The van der Waals surface area contributed by atoms with Gasteiger partial charge in [0, 0.05) is 0 Å². The SMILES string of the molecule is CCCCCCCCCCCC(CCCCCCCCCCC)COS(=O)(=O)[O-].CCCCCCCCCCCC(CCCCCCCCCCC)COS(=O)(=O)[O-].[Ca+2]. The van der Waals surface area contributed by atoms with Crippen LogP contribution in [0.25, 0.3) is 0 Å². The zero-order valence-electron chi connectivity index (χ0n) is 39.6. The Morgan fingerprint density at radius 3 is 0.610 bits per heavy atom. The molecule has 0 bridgehead atoms. The maximum atomic E-state index is 10.8. The van der Waals surface area contributed by atoms with Crippen molar-refractivity contribution in [3.8, 4) is 0 Å². The van der Waals surface area contributed by atoms with E-state index in [2.05, 4.69) is 36.1 Å².